The summed E-state index contributed by atoms with van der Waals surface area (Å²) in [7, 11) is 0. The van der Waals surface area contributed by atoms with Crippen LogP contribution in [0.3, 0.4) is 0 Å². The van der Waals surface area contributed by atoms with Gasteiger partial charge in [-0.1, -0.05) is 24.3 Å². The van der Waals surface area contributed by atoms with E-state index in [1.54, 1.807) is 19.2 Å². The van der Waals surface area contributed by atoms with Crippen molar-refractivity contribution < 1.29 is 23.5 Å². The Morgan fingerprint density at radius 1 is 1.22 bits per heavy atom. The minimum absolute atomic E-state index is 0.0679. The summed E-state index contributed by atoms with van der Waals surface area (Å²) in [6, 6.07) is 10.4. The Morgan fingerprint density at radius 2 is 2.08 bits per heavy atom. The van der Waals surface area contributed by atoms with Crippen molar-refractivity contribution in [2.45, 2.75) is 51.7 Å². The SMILES string of the molecule is CCOC(=O)N[C@@H]1CC[C@H]2[C@@H](C1)C[C@H]1C(=O)O[C@@H](C)[C@H]1[C@H]2C=Cc1ccc(-c2cccc(F)c2)cn1. The third-order valence-corrected chi connectivity index (χ3v) is 8.18. The highest BCUT2D eigenvalue weighted by Crippen LogP contribution is 2.53. The Kier molecular flexibility index (Phi) is 7.08. The average Bonchev–Trinajstić information content (AvgIpc) is 3.15. The van der Waals surface area contributed by atoms with Crippen LogP contribution in [-0.4, -0.2) is 35.8 Å². The number of pyridine rings is 1. The molecule has 2 heterocycles. The fourth-order valence-corrected chi connectivity index (χ4v) is 6.64. The zero-order chi connectivity index (χ0) is 25.2. The number of allylic oxidation sites excluding steroid dienone is 1. The first-order valence-electron chi connectivity index (χ1n) is 13.0. The molecule has 5 rings (SSSR count). The van der Waals surface area contributed by atoms with E-state index in [2.05, 4.69) is 16.4 Å². The second-order valence-electron chi connectivity index (χ2n) is 10.3. The molecule has 7 atom stereocenters. The van der Waals surface area contributed by atoms with Crippen LogP contribution in [0.5, 0.6) is 0 Å². The molecule has 0 bridgehead atoms. The second-order valence-corrected chi connectivity index (χ2v) is 10.3. The number of alkyl carbamates (subject to hydrolysis) is 1. The quantitative estimate of drug-likeness (QED) is 0.548. The highest BCUT2D eigenvalue weighted by atomic mass is 19.1. The number of ether oxygens (including phenoxy) is 2. The lowest BCUT2D eigenvalue weighted by atomic mass is 9.57. The van der Waals surface area contributed by atoms with Crippen molar-refractivity contribution in [2.75, 3.05) is 6.61 Å². The van der Waals surface area contributed by atoms with E-state index in [0.29, 0.717) is 18.4 Å². The van der Waals surface area contributed by atoms with E-state index in [4.69, 9.17) is 9.47 Å². The van der Waals surface area contributed by atoms with Crippen LogP contribution in [0.2, 0.25) is 0 Å². The largest absolute Gasteiger partial charge is 0.462 e. The molecule has 1 aromatic heterocycles. The van der Waals surface area contributed by atoms with Crippen LogP contribution in [0.1, 0.15) is 45.2 Å². The summed E-state index contributed by atoms with van der Waals surface area (Å²) in [5, 5.41) is 3.00. The van der Waals surface area contributed by atoms with E-state index in [9.17, 15) is 14.0 Å². The van der Waals surface area contributed by atoms with Gasteiger partial charge in [0.1, 0.15) is 11.9 Å². The molecule has 3 fully saturated rings. The van der Waals surface area contributed by atoms with Crippen molar-refractivity contribution in [2.24, 2.45) is 29.6 Å². The molecule has 6 nitrogen and oxygen atoms in total. The number of fused-ring (bicyclic) bond motifs is 2. The van der Waals surface area contributed by atoms with Gasteiger partial charge in [0.2, 0.25) is 0 Å². The summed E-state index contributed by atoms with van der Waals surface area (Å²) in [5.41, 5.74) is 2.48. The summed E-state index contributed by atoms with van der Waals surface area (Å²) in [6.45, 7) is 4.15. The molecule has 7 heteroatoms. The fraction of sp³-hybridized carbons (Fsp3) is 0.483. The number of amides is 1. The number of nitrogens with zero attached hydrogens (tertiary/aromatic N) is 1. The number of hydrogen-bond acceptors (Lipinski definition) is 5. The first-order valence-corrected chi connectivity index (χ1v) is 13.0. The van der Waals surface area contributed by atoms with Gasteiger partial charge >= 0.3 is 12.1 Å². The number of aromatic nitrogens is 1. The number of hydrogen-bond donors (Lipinski definition) is 1. The van der Waals surface area contributed by atoms with Gasteiger partial charge in [-0.05, 0) is 87.1 Å². The van der Waals surface area contributed by atoms with Crippen LogP contribution in [0.15, 0.2) is 48.7 Å². The van der Waals surface area contributed by atoms with Crippen molar-refractivity contribution in [3.05, 3.63) is 60.2 Å². The van der Waals surface area contributed by atoms with Gasteiger partial charge < -0.3 is 14.8 Å². The average molecular weight is 493 g/mol. The summed E-state index contributed by atoms with van der Waals surface area (Å²) in [4.78, 5) is 29.2. The van der Waals surface area contributed by atoms with Gasteiger partial charge in [0.05, 0.1) is 18.2 Å². The topological polar surface area (TPSA) is 77.5 Å². The molecule has 1 aliphatic heterocycles. The normalized spacial score (nSPS) is 31.4. The summed E-state index contributed by atoms with van der Waals surface area (Å²) in [5.74, 6) is 0.629. The molecular formula is C29H33FN2O4. The standard InChI is InChI=1S/C29H33FN2O4/c1-3-35-29(34)32-23-10-11-24-20(14-23)15-26-27(17(2)36-28(26)33)25(24)12-9-22-8-7-19(16-31-22)18-5-4-6-21(30)13-18/h4-9,12-13,16-17,20,23-27H,3,10-11,14-15H2,1-2H3,(H,32,34)/t17-,20-,23+,24-,25-,26+,27-/m0/s1. The lowest BCUT2D eigenvalue weighted by Gasteiger charge is -2.47. The van der Waals surface area contributed by atoms with Gasteiger partial charge in [0, 0.05) is 23.7 Å². The number of esters is 1. The number of cyclic esters (lactones) is 1. The number of carbonyl (C=O) groups is 2. The number of halogens is 1. The van der Waals surface area contributed by atoms with E-state index < -0.39 is 0 Å². The first-order chi connectivity index (χ1) is 17.4. The molecule has 0 spiro atoms. The summed E-state index contributed by atoms with van der Waals surface area (Å²) < 4.78 is 24.3. The molecular weight excluding hydrogens is 459 g/mol. The maximum Gasteiger partial charge on any atom is 0.407 e. The zero-order valence-electron chi connectivity index (χ0n) is 20.7. The Balaban J connectivity index is 1.34. The maximum absolute atomic E-state index is 13.6. The minimum atomic E-state index is -0.368. The highest BCUT2D eigenvalue weighted by molar-refractivity contribution is 5.75. The van der Waals surface area contributed by atoms with E-state index >= 15 is 0 Å². The molecule has 2 aliphatic carbocycles. The Hall–Kier alpha value is -3.22. The smallest absolute Gasteiger partial charge is 0.407 e. The third kappa shape index (κ3) is 5.01. The third-order valence-electron chi connectivity index (χ3n) is 8.18. The van der Waals surface area contributed by atoms with Gasteiger partial charge in [-0.2, -0.15) is 0 Å². The zero-order valence-corrected chi connectivity index (χ0v) is 20.7. The lowest BCUT2D eigenvalue weighted by molar-refractivity contribution is -0.144. The summed E-state index contributed by atoms with van der Waals surface area (Å²) in [6.07, 6.45) is 9.07. The molecule has 0 radical (unpaired) electrons. The molecule has 36 heavy (non-hydrogen) atoms. The molecule has 1 aromatic carbocycles. The fourth-order valence-electron chi connectivity index (χ4n) is 6.64. The van der Waals surface area contributed by atoms with Crippen molar-refractivity contribution in [1.29, 1.82) is 0 Å². The van der Waals surface area contributed by atoms with E-state index in [1.165, 1.54) is 12.1 Å². The molecule has 190 valence electrons. The van der Waals surface area contributed by atoms with Crippen LogP contribution in [0, 0.1) is 35.4 Å². The van der Waals surface area contributed by atoms with Crippen LogP contribution >= 0.6 is 0 Å². The monoisotopic (exact) mass is 492 g/mol. The van der Waals surface area contributed by atoms with Gasteiger partial charge in [-0.3, -0.25) is 9.78 Å². The predicted octanol–water partition coefficient (Wildman–Crippen LogP) is 5.63. The van der Waals surface area contributed by atoms with E-state index in [0.717, 1.165) is 42.5 Å². The van der Waals surface area contributed by atoms with E-state index in [-0.39, 0.29) is 47.8 Å². The van der Waals surface area contributed by atoms with Crippen LogP contribution in [0.4, 0.5) is 9.18 Å². The van der Waals surface area contributed by atoms with Crippen molar-refractivity contribution >= 4 is 18.1 Å². The molecule has 2 aromatic rings. The molecule has 2 saturated carbocycles. The Bertz CT molecular complexity index is 1130. The Morgan fingerprint density at radius 3 is 2.83 bits per heavy atom. The second kappa shape index (κ2) is 10.4. The Labute approximate surface area is 211 Å². The number of carbonyl (C=O) groups excluding carboxylic acids is 2. The number of rotatable bonds is 5. The maximum atomic E-state index is 13.6. The van der Waals surface area contributed by atoms with Gasteiger partial charge in [-0.15, -0.1) is 0 Å². The molecule has 1 amide bonds. The highest BCUT2D eigenvalue weighted by Gasteiger charge is 2.54. The molecule has 1 saturated heterocycles. The van der Waals surface area contributed by atoms with Gasteiger partial charge in [0.15, 0.2) is 0 Å². The summed E-state index contributed by atoms with van der Waals surface area (Å²) >= 11 is 0. The van der Waals surface area contributed by atoms with Gasteiger partial charge in [0.25, 0.3) is 0 Å². The van der Waals surface area contributed by atoms with Crippen molar-refractivity contribution in [3.63, 3.8) is 0 Å². The first kappa shape index (κ1) is 24.5. The lowest BCUT2D eigenvalue weighted by Crippen LogP contribution is -2.48. The minimum Gasteiger partial charge on any atom is -0.462 e. The molecule has 3 aliphatic rings. The predicted molar refractivity (Wildman–Crippen MR) is 134 cm³/mol. The molecule has 0 unspecified atom stereocenters. The number of nitrogens with one attached hydrogen (secondary N) is 1. The van der Waals surface area contributed by atoms with Gasteiger partial charge in [-0.25, -0.2) is 9.18 Å². The number of benzene rings is 1. The molecule has 1 N–H and O–H groups in total. The van der Waals surface area contributed by atoms with Crippen LogP contribution in [0.25, 0.3) is 17.2 Å². The van der Waals surface area contributed by atoms with Crippen LogP contribution < -0.4 is 5.32 Å². The van der Waals surface area contributed by atoms with Crippen molar-refractivity contribution in [3.8, 4) is 11.1 Å². The van der Waals surface area contributed by atoms with Crippen LogP contribution in [-0.2, 0) is 14.3 Å². The van der Waals surface area contributed by atoms with E-state index in [1.807, 2.05) is 31.2 Å². The van der Waals surface area contributed by atoms with Crippen molar-refractivity contribution in [1.82, 2.24) is 10.3 Å².